The second-order valence-corrected chi connectivity index (χ2v) is 10.7. The Labute approximate surface area is 202 Å². The van der Waals surface area contributed by atoms with E-state index in [0.717, 1.165) is 32.2 Å². The van der Waals surface area contributed by atoms with E-state index >= 15 is 0 Å². The third kappa shape index (κ3) is 4.47. The Morgan fingerprint density at radius 1 is 1.12 bits per heavy atom. The number of aliphatic hydroxyl groups is 3. The fourth-order valence-electron chi connectivity index (χ4n) is 4.90. The molecule has 3 aromatic rings. The van der Waals surface area contributed by atoms with Crippen LogP contribution in [0.25, 0.3) is 20.8 Å². The van der Waals surface area contributed by atoms with Crippen LogP contribution in [0.1, 0.15) is 44.0 Å². The van der Waals surface area contributed by atoms with Crippen LogP contribution in [0.15, 0.2) is 12.3 Å². The smallest absolute Gasteiger partial charge is 0.225 e. The van der Waals surface area contributed by atoms with E-state index < -0.39 is 18.2 Å². The molecule has 2 aliphatic carbocycles. The molecule has 3 aromatic heterocycles. The molecule has 5 N–H and O–H groups in total. The third-order valence-electron chi connectivity index (χ3n) is 7.10. The van der Waals surface area contributed by atoms with Crippen LogP contribution in [0.5, 0.6) is 0 Å². The Kier molecular flexibility index (Phi) is 6.41. The minimum atomic E-state index is -0.955. The second-order valence-electron chi connectivity index (χ2n) is 9.63. The first-order valence-corrected chi connectivity index (χ1v) is 12.8. The lowest BCUT2D eigenvalue weighted by Crippen LogP contribution is -2.35. The molecule has 0 spiro atoms. The summed E-state index contributed by atoms with van der Waals surface area (Å²) in [5.41, 5.74) is 3.30. The van der Waals surface area contributed by atoms with Gasteiger partial charge in [0, 0.05) is 18.8 Å². The van der Waals surface area contributed by atoms with E-state index in [9.17, 15) is 15.3 Å². The highest BCUT2D eigenvalue weighted by atomic mass is 32.1. The van der Waals surface area contributed by atoms with Crippen LogP contribution in [-0.2, 0) is 0 Å². The fourth-order valence-corrected chi connectivity index (χ4v) is 6.01. The molecule has 0 bridgehead atoms. The van der Waals surface area contributed by atoms with Gasteiger partial charge in [0.1, 0.15) is 22.4 Å². The maximum absolute atomic E-state index is 10.7. The minimum Gasteiger partial charge on any atom is -0.396 e. The summed E-state index contributed by atoms with van der Waals surface area (Å²) in [4.78, 5) is 18.8. The number of fused-ring (bicyclic) bond motifs is 1. The average molecular weight is 485 g/mol. The molecule has 5 atom stereocenters. The van der Waals surface area contributed by atoms with Crippen LogP contribution in [0.4, 0.5) is 11.8 Å². The number of hydrogen-bond acceptors (Lipinski definition) is 10. The molecule has 0 aliphatic heterocycles. The second kappa shape index (κ2) is 9.33. The van der Waals surface area contributed by atoms with Crippen molar-refractivity contribution in [1.29, 1.82) is 0 Å². The van der Waals surface area contributed by atoms with Gasteiger partial charge in [-0.25, -0.2) is 9.97 Å². The van der Waals surface area contributed by atoms with Crippen LogP contribution in [0.2, 0.25) is 0 Å². The van der Waals surface area contributed by atoms with Gasteiger partial charge in [0.15, 0.2) is 0 Å². The summed E-state index contributed by atoms with van der Waals surface area (Å²) in [6, 6.07) is 1.84. The van der Waals surface area contributed by atoms with Crippen LogP contribution in [-0.4, -0.2) is 66.2 Å². The molecule has 0 amide bonds. The number of hydrogen-bond donors (Lipinski definition) is 5. The molecule has 0 saturated heterocycles. The van der Waals surface area contributed by atoms with Crippen molar-refractivity contribution < 1.29 is 15.3 Å². The molecule has 5 rings (SSSR count). The zero-order valence-electron chi connectivity index (χ0n) is 19.7. The third-order valence-corrected chi connectivity index (χ3v) is 8.14. The number of thiazole rings is 1. The summed E-state index contributed by atoms with van der Waals surface area (Å²) >= 11 is 1.56. The van der Waals surface area contributed by atoms with E-state index in [1.807, 2.05) is 19.9 Å². The van der Waals surface area contributed by atoms with E-state index in [0.29, 0.717) is 30.5 Å². The monoisotopic (exact) mass is 484 g/mol. The van der Waals surface area contributed by atoms with Gasteiger partial charge in [-0.2, -0.15) is 4.98 Å². The van der Waals surface area contributed by atoms with Crippen molar-refractivity contribution in [1.82, 2.24) is 19.9 Å². The summed E-state index contributed by atoms with van der Waals surface area (Å²) in [5.74, 6) is 1.60. The normalized spacial score (nSPS) is 25.6. The number of rotatable bonds is 8. The molecule has 0 aromatic carbocycles. The highest BCUT2D eigenvalue weighted by molar-refractivity contribution is 7.21. The van der Waals surface area contributed by atoms with Crippen molar-refractivity contribution in [3.63, 3.8) is 0 Å². The predicted molar refractivity (Wildman–Crippen MR) is 133 cm³/mol. The van der Waals surface area contributed by atoms with E-state index in [4.69, 9.17) is 15.0 Å². The van der Waals surface area contributed by atoms with E-state index in [-0.39, 0.29) is 18.6 Å². The standard InChI is InChI=1S/C24H32N6O3S/c1-11(14-4-5-14)26-24-27-12(2)18(23-29-19-13(3)25-8-6-17(19)34-23)22(30-24)28-16-10-15(7-9-31)20(32)21(16)33/h6,8,11,14-16,20-21,31-33H,4-5,7,9-10H2,1-3H3,(H2,26,27,28,30)/t11-,15+,16?,20-,21+/m1/s1. The summed E-state index contributed by atoms with van der Waals surface area (Å²) in [6.07, 6.45) is 3.36. The van der Waals surface area contributed by atoms with Crippen molar-refractivity contribution in [2.75, 3.05) is 17.2 Å². The van der Waals surface area contributed by atoms with E-state index in [1.54, 1.807) is 17.5 Å². The Hall–Kier alpha value is -2.40. The van der Waals surface area contributed by atoms with Crippen molar-refractivity contribution in [2.45, 2.75) is 70.7 Å². The zero-order chi connectivity index (χ0) is 24.0. The topological polar surface area (TPSA) is 136 Å². The minimum absolute atomic E-state index is 0.0226. The van der Waals surface area contributed by atoms with Crippen LogP contribution >= 0.6 is 11.3 Å². The summed E-state index contributed by atoms with van der Waals surface area (Å²) in [5, 5.41) is 38.2. The average Bonchev–Trinajstić information content (AvgIpc) is 3.51. The Bertz CT molecular complexity index is 1180. The highest BCUT2D eigenvalue weighted by Gasteiger charge is 2.41. The lowest BCUT2D eigenvalue weighted by molar-refractivity contribution is 0.0124. The van der Waals surface area contributed by atoms with Gasteiger partial charge in [0.2, 0.25) is 5.95 Å². The van der Waals surface area contributed by atoms with Crippen LogP contribution < -0.4 is 10.6 Å². The SMILES string of the molecule is Cc1nc(N[C@H](C)C2CC2)nc(NC2C[C@H](CCO)[C@@H](O)[C@H]2O)c1-c1nc2c(C)nccc2s1. The van der Waals surface area contributed by atoms with Crippen molar-refractivity contribution in [3.05, 3.63) is 23.7 Å². The van der Waals surface area contributed by atoms with Crippen molar-refractivity contribution in [3.8, 4) is 10.6 Å². The summed E-state index contributed by atoms with van der Waals surface area (Å²) < 4.78 is 1.04. The van der Waals surface area contributed by atoms with Crippen molar-refractivity contribution >= 4 is 33.3 Å². The molecule has 182 valence electrons. The molecule has 3 heterocycles. The maximum atomic E-state index is 10.7. The number of nitrogens with one attached hydrogen (secondary N) is 2. The Balaban J connectivity index is 1.53. The molecule has 2 fully saturated rings. The Morgan fingerprint density at radius 2 is 1.91 bits per heavy atom. The molecule has 1 unspecified atom stereocenters. The lowest BCUT2D eigenvalue weighted by Gasteiger charge is -2.22. The maximum Gasteiger partial charge on any atom is 0.225 e. The number of pyridine rings is 1. The largest absolute Gasteiger partial charge is 0.396 e. The summed E-state index contributed by atoms with van der Waals surface area (Å²) in [7, 11) is 0. The van der Waals surface area contributed by atoms with Gasteiger partial charge >= 0.3 is 0 Å². The predicted octanol–water partition coefficient (Wildman–Crippen LogP) is 2.88. The summed E-state index contributed by atoms with van der Waals surface area (Å²) in [6.45, 7) is 6.02. The fraction of sp³-hybridized carbons (Fsp3) is 0.583. The first-order chi connectivity index (χ1) is 16.4. The quantitative estimate of drug-likeness (QED) is 0.327. The van der Waals surface area contributed by atoms with Gasteiger partial charge in [-0.3, -0.25) is 4.98 Å². The van der Waals surface area contributed by atoms with Gasteiger partial charge in [-0.1, -0.05) is 0 Å². The van der Waals surface area contributed by atoms with Gasteiger partial charge in [-0.05, 0) is 64.4 Å². The van der Waals surface area contributed by atoms with Gasteiger partial charge in [0.25, 0.3) is 0 Å². The molecule has 9 nitrogen and oxygen atoms in total. The van der Waals surface area contributed by atoms with Gasteiger partial charge < -0.3 is 26.0 Å². The first kappa shape index (κ1) is 23.3. The molecular weight excluding hydrogens is 452 g/mol. The molecule has 0 radical (unpaired) electrons. The molecule has 34 heavy (non-hydrogen) atoms. The molecular formula is C24H32N6O3S. The van der Waals surface area contributed by atoms with Crippen LogP contribution in [0.3, 0.4) is 0 Å². The van der Waals surface area contributed by atoms with Gasteiger partial charge in [-0.15, -0.1) is 11.3 Å². The number of aliphatic hydroxyl groups excluding tert-OH is 3. The first-order valence-electron chi connectivity index (χ1n) is 12.0. The van der Waals surface area contributed by atoms with Crippen molar-refractivity contribution in [2.24, 2.45) is 11.8 Å². The lowest BCUT2D eigenvalue weighted by atomic mass is 10.0. The Morgan fingerprint density at radius 3 is 2.62 bits per heavy atom. The molecule has 2 aliphatic rings. The number of nitrogens with zero attached hydrogens (tertiary/aromatic N) is 4. The van der Waals surface area contributed by atoms with E-state index in [2.05, 4.69) is 22.5 Å². The number of aromatic nitrogens is 4. The molecule has 2 saturated carbocycles. The number of anilines is 2. The zero-order valence-corrected chi connectivity index (χ0v) is 20.5. The van der Waals surface area contributed by atoms with Crippen LogP contribution in [0, 0.1) is 25.7 Å². The molecule has 10 heteroatoms. The van der Waals surface area contributed by atoms with Gasteiger partial charge in [0.05, 0.1) is 33.8 Å². The van der Waals surface area contributed by atoms with E-state index in [1.165, 1.54) is 12.8 Å². The number of aryl methyl sites for hydroxylation is 2. The highest BCUT2D eigenvalue weighted by Crippen LogP contribution is 2.39.